The van der Waals surface area contributed by atoms with E-state index in [1.807, 2.05) is 72.0 Å². The Labute approximate surface area is 404 Å². The van der Waals surface area contributed by atoms with Gasteiger partial charge in [-0.1, -0.05) is 41.5 Å². The lowest BCUT2D eigenvalue weighted by atomic mass is 9.45. The summed E-state index contributed by atoms with van der Waals surface area (Å²) in [4.78, 5) is 74.8. The minimum Gasteiger partial charge on any atom is -0.482 e. The third-order valence-electron chi connectivity index (χ3n) is 15.4. The molecule has 5 fully saturated rings. The second-order valence-corrected chi connectivity index (χ2v) is 22.2. The van der Waals surface area contributed by atoms with Crippen LogP contribution in [0.1, 0.15) is 110 Å². The number of esters is 2. The van der Waals surface area contributed by atoms with Gasteiger partial charge in [0.2, 0.25) is 5.78 Å². The fourth-order valence-electron chi connectivity index (χ4n) is 12.1. The van der Waals surface area contributed by atoms with Gasteiger partial charge in [0.25, 0.3) is 5.91 Å². The number of carbonyl (C=O) groups is 5. The van der Waals surface area contributed by atoms with E-state index in [4.69, 9.17) is 23.7 Å². The summed E-state index contributed by atoms with van der Waals surface area (Å²) in [7, 11) is 3.30. The summed E-state index contributed by atoms with van der Waals surface area (Å²) in [6.45, 7) is 18.0. The smallest absolute Gasteiger partial charge is 0.333 e. The molecule has 8 atom stereocenters. The number of hydrogen-bond donors (Lipinski definition) is 1. The molecule has 4 bridgehead atoms. The Bertz CT molecular complexity index is 2600. The number of piperazine rings is 1. The number of methoxy groups -OCH3 is 1. The predicted molar refractivity (Wildman–Crippen MR) is 260 cm³/mol. The summed E-state index contributed by atoms with van der Waals surface area (Å²) in [5.74, 6) is -3.14. The molecule has 2 aromatic rings. The Balaban J connectivity index is 1.29. The van der Waals surface area contributed by atoms with Gasteiger partial charge in [0.15, 0.2) is 22.7 Å². The molecule has 68 heavy (non-hydrogen) atoms. The van der Waals surface area contributed by atoms with E-state index in [2.05, 4.69) is 42.3 Å². The van der Waals surface area contributed by atoms with Crippen molar-refractivity contribution in [3.05, 3.63) is 82.0 Å². The van der Waals surface area contributed by atoms with Crippen LogP contribution in [0.25, 0.3) is 6.08 Å². The van der Waals surface area contributed by atoms with Crippen molar-refractivity contribution in [1.29, 1.82) is 0 Å². The first kappa shape index (κ1) is 47.9. The number of nitrogens with zero attached hydrogens (tertiary/aromatic N) is 2. The lowest BCUT2D eigenvalue weighted by Crippen LogP contribution is -2.79. The van der Waals surface area contributed by atoms with Gasteiger partial charge >= 0.3 is 11.9 Å². The number of ether oxygens (including phenoxy) is 5. The van der Waals surface area contributed by atoms with E-state index in [-0.39, 0.29) is 29.1 Å². The van der Waals surface area contributed by atoms with E-state index in [9.17, 15) is 19.2 Å². The van der Waals surface area contributed by atoms with Crippen LogP contribution < -0.4 is 19.5 Å². The molecule has 10 rings (SSSR count). The molecule has 3 saturated carbocycles. The molecule has 8 aliphatic rings. The number of benzene rings is 2. The number of allylic oxidation sites excluding steroid dienone is 4. The van der Waals surface area contributed by atoms with Gasteiger partial charge in [0.1, 0.15) is 23.5 Å². The molecule has 0 radical (unpaired) electrons. The van der Waals surface area contributed by atoms with Crippen LogP contribution in [0.15, 0.2) is 70.2 Å². The van der Waals surface area contributed by atoms with Crippen LogP contribution in [0, 0.1) is 17.8 Å². The minimum absolute atomic E-state index is 0.0615. The maximum absolute atomic E-state index is 15.7. The summed E-state index contributed by atoms with van der Waals surface area (Å²) in [6, 6.07) is 7.40. The zero-order valence-corrected chi connectivity index (χ0v) is 41.9. The average molecular weight is 948 g/mol. The normalized spacial score (nSPS) is 30.2. The number of rotatable bonds is 12. The van der Waals surface area contributed by atoms with E-state index < -0.39 is 70.3 Å². The number of fused-ring (bicyclic) bond motifs is 4. The number of para-hydroxylation sites is 1. The number of anilines is 1. The number of hydrogen-bond acceptors (Lipinski definition) is 13. The Hall–Kier alpha value is -5.18. The van der Waals surface area contributed by atoms with Crippen LogP contribution in [0.2, 0.25) is 0 Å². The zero-order valence-electron chi connectivity index (χ0n) is 41.0. The van der Waals surface area contributed by atoms with Gasteiger partial charge in [-0.05, 0) is 112 Å². The highest BCUT2D eigenvalue weighted by Crippen LogP contribution is 2.75. The number of Topliss-reactive ketones (excluding diaryl/α,β-unsaturated/α-hetero) is 2. The van der Waals surface area contributed by atoms with Crippen LogP contribution in [-0.2, 0) is 39.9 Å². The Kier molecular flexibility index (Phi) is 12.4. The van der Waals surface area contributed by atoms with Gasteiger partial charge in [0, 0.05) is 77.3 Å². The number of thioether (sulfide) groups is 1. The highest BCUT2D eigenvalue weighted by Gasteiger charge is 2.85. The first-order valence-corrected chi connectivity index (χ1v) is 24.9. The van der Waals surface area contributed by atoms with Crippen molar-refractivity contribution in [1.82, 2.24) is 9.80 Å². The third kappa shape index (κ3) is 7.82. The van der Waals surface area contributed by atoms with Crippen LogP contribution in [0.5, 0.6) is 17.2 Å². The maximum atomic E-state index is 15.7. The highest BCUT2D eigenvalue weighted by molar-refractivity contribution is 8.00. The first-order valence-electron chi connectivity index (χ1n) is 24.0. The van der Waals surface area contributed by atoms with E-state index >= 15 is 4.79 Å². The fourth-order valence-corrected chi connectivity index (χ4v) is 13.7. The van der Waals surface area contributed by atoms with Crippen molar-refractivity contribution in [2.45, 2.75) is 133 Å². The highest BCUT2D eigenvalue weighted by atomic mass is 32.2. The van der Waals surface area contributed by atoms with Gasteiger partial charge in [-0.3, -0.25) is 19.2 Å². The average Bonchev–Trinajstić information content (AvgIpc) is 3.37. The molecule has 1 spiro atoms. The Morgan fingerprint density at radius 3 is 2.37 bits per heavy atom. The SMILES string of the molecule is COC(=O)/C(C)=C\CC12OC(C)(C)C3CC(C1=O)C1Sc4ccccc4NC4c5c(OC(=O)CC(=O)C(=O)N6CCN(C)CC6)c6c(c(CC=C(C)C)c5OC32C41)OC(C)(CCC=C(C)C)C=C6. The monoisotopic (exact) mass is 947 g/mol. The summed E-state index contributed by atoms with van der Waals surface area (Å²) in [6.07, 6.45) is 11.6. The second kappa shape index (κ2) is 17.7. The quantitative estimate of drug-likeness (QED) is 0.0543. The largest absolute Gasteiger partial charge is 0.482 e. The minimum atomic E-state index is -1.54. The van der Waals surface area contributed by atoms with Crippen molar-refractivity contribution >= 4 is 52.9 Å². The maximum Gasteiger partial charge on any atom is 0.333 e. The molecule has 14 heteroatoms. The molecule has 362 valence electrons. The fraction of sp³-hybridized carbons (Fsp3) is 0.537. The first-order chi connectivity index (χ1) is 32.2. The number of ketones is 2. The van der Waals surface area contributed by atoms with Crippen molar-refractivity contribution in [2.24, 2.45) is 17.8 Å². The molecular formula is C54H65N3O10S. The Morgan fingerprint density at radius 1 is 0.941 bits per heavy atom. The molecule has 0 aromatic heterocycles. The standard InChI is InChI=1S/C54H65N3O10S/c1-30(2)14-13-21-52(8)22-20-34-44(65-52)33(18-17-31(3)4)46-41(45(34)64-40(59)29-37(58)49(61)57-26-24-56(9)25-27-57)43-42-47(68-38-16-12-11-15-36(38)55-43)35-28-39-51(6,7)67-53(48(35)60,54(39,42)66-46)23-19-32(5)50(62)63-10/h11-12,14-17,19-20,22,35,39,42-43,47,55H,13,18,21,23-29H2,1-10H3/b32-19-. The summed E-state index contributed by atoms with van der Waals surface area (Å²) in [5.41, 5.74) is 0.797. The predicted octanol–water partition coefficient (Wildman–Crippen LogP) is 8.40. The third-order valence-corrected chi connectivity index (χ3v) is 16.9. The van der Waals surface area contributed by atoms with Crippen LogP contribution in [0.3, 0.4) is 0 Å². The van der Waals surface area contributed by atoms with Gasteiger partial charge in [-0.2, -0.15) is 0 Å². The van der Waals surface area contributed by atoms with E-state index in [1.54, 1.807) is 24.8 Å². The molecular weight excluding hydrogens is 883 g/mol. The lowest BCUT2D eigenvalue weighted by Gasteiger charge is -2.65. The number of carbonyl (C=O) groups excluding carboxylic acids is 5. The van der Waals surface area contributed by atoms with Crippen molar-refractivity contribution in [3.63, 3.8) is 0 Å². The van der Waals surface area contributed by atoms with Crippen LogP contribution in [0.4, 0.5) is 5.69 Å². The van der Waals surface area contributed by atoms with Gasteiger partial charge in [0.05, 0.1) is 29.9 Å². The summed E-state index contributed by atoms with van der Waals surface area (Å²) >= 11 is 1.66. The lowest BCUT2D eigenvalue weighted by molar-refractivity contribution is -0.208. The molecule has 3 aliphatic carbocycles. The molecule has 2 saturated heterocycles. The Morgan fingerprint density at radius 2 is 1.66 bits per heavy atom. The van der Waals surface area contributed by atoms with E-state index in [1.165, 1.54) is 17.6 Å². The van der Waals surface area contributed by atoms with Crippen molar-refractivity contribution in [2.75, 3.05) is 45.7 Å². The summed E-state index contributed by atoms with van der Waals surface area (Å²) in [5, 5.41) is 3.64. The van der Waals surface area contributed by atoms with Gasteiger partial charge in [-0.25, -0.2) is 4.79 Å². The molecule has 1 amide bonds. The summed E-state index contributed by atoms with van der Waals surface area (Å²) < 4.78 is 34.1. The molecule has 2 aromatic carbocycles. The molecule has 1 N–H and O–H groups in total. The number of amides is 1. The van der Waals surface area contributed by atoms with Gasteiger partial charge in [-0.15, -0.1) is 11.8 Å². The molecule has 8 unspecified atom stereocenters. The van der Waals surface area contributed by atoms with Crippen molar-refractivity contribution in [3.8, 4) is 17.2 Å². The van der Waals surface area contributed by atoms with E-state index in [0.29, 0.717) is 73.6 Å². The molecule has 5 heterocycles. The molecule has 13 nitrogen and oxygen atoms in total. The van der Waals surface area contributed by atoms with Crippen LogP contribution in [-0.4, -0.2) is 107 Å². The van der Waals surface area contributed by atoms with Gasteiger partial charge < -0.3 is 38.8 Å². The number of likely N-dealkylation sites (N-methyl/N-ethyl adjacent to an activating group) is 1. The van der Waals surface area contributed by atoms with E-state index in [0.717, 1.165) is 28.1 Å². The van der Waals surface area contributed by atoms with Crippen LogP contribution >= 0.6 is 11.8 Å². The topological polar surface area (TPSA) is 150 Å². The number of nitrogens with one attached hydrogen (secondary N) is 1. The molecule has 5 aliphatic heterocycles. The zero-order chi connectivity index (χ0) is 48.7. The second-order valence-electron chi connectivity index (χ2n) is 21.0. The van der Waals surface area contributed by atoms with Crippen molar-refractivity contribution < 1.29 is 47.7 Å².